The smallest absolute Gasteiger partial charge is 0.316 e. The number of ether oxygens (including phenoxy) is 1. The molecule has 5 nitrogen and oxygen atoms in total. The molecule has 2 aromatic carbocycles. The van der Waals surface area contributed by atoms with E-state index in [0.717, 1.165) is 22.6 Å². The van der Waals surface area contributed by atoms with Crippen LogP contribution in [-0.4, -0.2) is 33.6 Å². The highest BCUT2D eigenvalue weighted by Crippen LogP contribution is 2.28. The molecule has 0 unspecified atom stereocenters. The van der Waals surface area contributed by atoms with Gasteiger partial charge >= 0.3 is 5.97 Å². The quantitative estimate of drug-likeness (QED) is 0.526. The molecule has 0 aliphatic rings. The van der Waals surface area contributed by atoms with Gasteiger partial charge in [0.05, 0.1) is 12.9 Å². The molecule has 1 heterocycles. The third-order valence-corrected chi connectivity index (χ3v) is 4.37. The van der Waals surface area contributed by atoms with Crippen molar-refractivity contribution < 1.29 is 9.53 Å². The molecule has 24 heavy (non-hydrogen) atoms. The molecular weight excluding hydrogens is 322 g/mol. The predicted molar refractivity (Wildman–Crippen MR) is 94.3 cm³/mol. The van der Waals surface area contributed by atoms with Gasteiger partial charge in [-0.1, -0.05) is 53.7 Å². The number of benzene rings is 2. The molecule has 1 aromatic heterocycles. The maximum absolute atomic E-state index is 11.5. The lowest BCUT2D eigenvalue weighted by atomic mass is 10.1. The van der Waals surface area contributed by atoms with Gasteiger partial charge in [0.25, 0.3) is 0 Å². The fourth-order valence-electron chi connectivity index (χ4n) is 2.33. The normalized spacial score (nSPS) is 10.6. The topological polar surface area (TPSA) is 57.0 Å². The fraction of sp³-hybridized carbons (Fsp3) is 0.167. The van der Waals surface area contributed by atoms with Crippen LogP contribution in [0.4, 0.5) is 0 Å². The zero-order valence-corrected chi connectivity index (χ0v) is 14.3. The van der Waals surface area contributed by atoms with Crippen LogP contribution in [0.15, 0.2) is 59.8 Å². The van der Waals surface area contributed by atoms with E-state index >= 15 is 0 Å². The minimum absolute atomic E-state index is 0.190. The lowest BCUT2D eigenvalue weighted by Gasteiger charge is -2.10. The summed E-state index contributed by atoms with van der Waals surface area (Å²) in [4.78, 5) is 11.5. The van der Waals surface area contributed by atoms with E-state index in [1.165, 1.54) is 18.9 Å². The second kappa shape index (κ2) is 7.31. The van der Waals surface area contributed by atoms with Gasteiger partial charge in [0, 0.05) is 11.3 Å². The van der Waals surface area contributed by atoms with Gasteiger partial charge in [0.1, 0.15) is 0 Å². The van der Waals surface area contributed by atoms with Crippen LogP contribution >= 0.6 is 11.8 Å². The highest BCUT2D eigenvalue weighted by molar-refractivity contribution is 7.99. The summed E-state index contributed by atoms with van der Waals surface area (Å²) in [6, 6.07) is 18.0. The van der Waals surface area contributed by atoms with Crippen molar-refractivity contribution in [2.75, 3.05) is 12.9 Å². The van der Waals surface area contributed by atoms with Gasteiger partial charge in [-0.3, -0.25) is 9.36 Å². The van der Waals surface area contributed by atoms with Crippen molar-refractivity contribution in [2.45, 2.75) is 12.1 Å². The van der Waals surface area contributed by atoms with E-state index < -0.39 is 0 Å². The number of aryl methyl sites for hydroxylation is 1. The summed E-state index contributed by atoms with van der Waals surface area (Å²) in [6.45, 7) is 2.04. The van der Waals surface area contributed by atoms with Gasteiger partial charge in [-0.2, -0.15) is 0 Å². The molecule has 3 aromatic rings. The van der Waals surface area contributed by atoms with Crippen LogP contribution in [0.2, 0.25) is 0 Å². The molecule has 0 N–H and O–H groups in total. The first-order valence-electron chi connectivity index (χ1n) is 7.46. The molecule has 0 saturated carbocycles. The number of carbonyl (C=O) groups is 1. The van der Waals surface area contributed by atoms with E-state index in [2.05, 4.69) is 16.3 Å². The van der Waals surface area contributed by atoms with Crippen molar-refractivity contribution >= 4 is 17.7 Å². The van der Waals surface area contributed by atoms with Gasteiger partial charge in [0.2, 0.25) is 0 Å². The molecular formula is C18H17N3O2S. The summed E-state index contributed by atoms with van der Waals surface area (Å²) >= 11 is 1.31. The molecule has 6 heteroatoms. The number of carbonyl (C=O) groups excluding carboxylic acids is 1. The number of hydrogen-bond donors (Lipinski definition) is 0. The SMILES string of the molecule is COC(=O)CSc1nnc(-c2cccc(C)c2)n1-c1ccccc1. The Morgan fingerprint density at radius 3 is 2.62 bits per heavy atom. The lowest BCUT2D eigenvalue weighted by Crippen LogP contribution is -2.05. The highest BCUT2D eigenvalue weighted by Gasteiger charge is 2.17. The standard InChI is InChI=1S/C18H17N3O2S/c1-13-7-6-8-14(11-13)17-19-20-18(24-12-16(22)23-2)21(17)15-9-4-3-5-10-15/h3-11H,12H2,1-2H3. The Labute approximate surface area is 144 Å². The lowest BCUT2D eigenvalue weighted by molar-refractivity contribution is -0.137. The first kappa shape index (κ1) is 16.3. The van der Waals surface area contributed by atoms with Crippen molar-refractivity contribution in [3.05, 3.63) is 60.2 Å². The predicted octanol–water partition coefficient (Wildman–Crippen LogP) is 3.51. The van der Waals surface area contributed by atoms with Crippen LogP contribution in [-0.2, 0) is 9.53 Å². The monoisotopic (exact) mass is 339 g/mol. The number of hydrogen-bond acceptors (Lipinski definition) is 5. The molecule has 0 fully saturated rings. The van der Waals surface area contributed by atoms with E-state index in [0.29, 0.717) is 5.16 Å². The Hall–Kier alpha value is -2.60. The van der Waals surface area contributed by atoms with Gasteiger partial charge in [-0.05, 0) is 25.1 Å². The van der Waals surface area contributed by atoms with Crippen molar-refractivity contribution in [1.82, 2.24) is 14.8 Å². The first-order chi connectivity index (χ1) is 11.7. The number of aromatic nitrogens is 3. The zero-order valence-electron chi connectivity index (χ0n) is 13.5. The van der Waals surface area contributed by atoms with E-state index in [1.54, 1.807) is 0 Å². The van der Waals surface area contributed by atoms with Gasteiger partial charge in [-0.25, -0.2) is 0 Å². The number of nitrogens with zero attached hydrogens (tertiary/aromatic N) is 3. The largest absolute Gasteiger partial charge is 0.468 e. The summed E-state index contributed by atoms with van der Waals surface area (Å²) in [6.07, 6.45) is 0. The average molecular weight is 339 g/mol. The molecule has 3 rings (SSSR count). The van der Waals surface area contributed by atoms with E-state index in [-0.39, 0.29) is 11.7 Å². The van der Waals surface area contributed by atoms with Crippen LogP contribution in [0.25, 0.3) is 17.1 Å². The molecule has 0 spiro atoms. The number of esters is 1. The third kappa shape index (κ3) is 3.49. The molecule has 122 valence electrons. The Morgan fingerprint density at radius 2 is 1.92 bits per heavy atom. The van der Waals surface area contributed by atoms with Crippen molar-refractivity contribution in [3.8, 4) is 17.1 Å². The van der Waals surface area contributed by atoms with E-state index in [1.807, 2.05) is 60.0 Å². The summed E-state index contributed by atoms with van der Waals surface area (Å²) in [5.74, 6) is 0.645. The van der Waals surface area contributed by atoms with Crippen LogP contribution in [0.1, 0.15) is 5.56 Å². The zero-order chi connectivity index (χ0) is 16.9. The summed E-state index contributed by atoms with van der Waals surface area (Å²) < 4.78 is 6.67. The summed E-state index contributed by atoms with van der Waals surface area (Å²) in [5.41, 5.74) is 3.08. The van der Waals surface area contributed by atoms with Crippen LogP contribution in [0.3, 0.4) is 0 Å². The molecule has 0 atom stereocenters. The second-order valence-electron chi connectivity index (χ2n) is 5.21. The first-order valence-corrected chi connectivity index (χ1v) is 8.45. The highest BCUT2D eigenvalue weighted by atomic mass is 32.2. The number of rotatable bonds is 5. The van der Waals surface area contributed by atoms with Crippen LogP contribution in [0.5, 0.6) is 0 Å². The summed E-state index contributed by atoms with van der Waals surface area (Å²) in [7, 11) is 1.38. The molecule has 0 bridgehead atoms. The molecule has 0 amide bonds. The summed E-state index contributed by atoms with van der Waals surface area (Å²) in [5, 5.41) is 9.28. The van der Waals surface area contributed by atoms with E-state index in [9.17, 15) is 4.79 Å². The third-order valence-electron chi connectivity index (χ3n) is 3.47. The van der Waals surface area contributed by atoms with Gasteiger partial charge < -0.3 is 4.74 Å². The average Bonchev–Trinajstić information content (AvgIpc) is 3.04. The second-order valence-corrected chi connectivity index (χ2v) is 6.15. The minimum Gasteiger partial charge on any atom is -0.468 e. The fourth-order valence-corrected chi connectivity index (χ4v) is 3.11. The molecule has 0 aliphatic heterocycles. The van der Waals surface area contributed by atoms with Crippen molar-refractivity contribution in [2.24, 2.45) is 0 Å². The maximum atomic E-state index is 11.5. The Kier molecular flexibility index (Phi) is 4.96. The molecule has 0 aliphatic carbocycles. The Balaban J connectivity index is 2.06. The van der Waals surface area contributed by atoms with Crippen LogP contribution < -0.4 is 0 Å². The van der Waals surface area contributed by atoms with Crippen molar-refractivity contribution in [3.63, 3.8) is 0 Å². The number of methoxy groups -OCH3 is 1. The minimum atomic E-state index is -0.292. The van der Waals surface area contributed by atoms with Crippen molar-refractivity contribution in [1.29, 1.82) is 0 Å². The number of thioether (sulfide) groups is 1. The van der Waals surface area contributed by atoms with E-state index in [4.69, 9.17) is 4.74 Å². The Morgan fingerprint density at radius 1 is 1.12 bits per heavy atom. The molecule has 0 saturated heterocycles. The van der Waals surface area contributed by atoms with Gasteiger partial charge in [0.15, 0.2) is 11.0 Å². The van der Waals surface area contributed by atoms with Crippen LogP contribution in [0, 0.1) is 6.92 Å². The Bertz CT molecular complexity index is 846. The maximum Gasteiger partial charge on any atom is 0.316 e. The number of para-hydroxylation sites is 1. The molecule has 0 radical (unpaired) electrons. The van der Waals surface area contributed by atoms with Gasteiger partial charge in [-0.15, -0.1) is 10.2 Å².